The Morgan fingerprint density at radius 1 is 0.973 bits per heavy atom. The van der Waals surface area contributed by atoms with Crippen molar-refractivity contribution in [3.05, 3.63) is 59.7 Å². The highest BCUT2D eigenvalue weighted by molar-refractivity contribution is 5.69. The number of carbonyl (C=O) groups excluding carboxylic acids is 1. The highest BCUT2D eigenvalue weighted by atomic mass is 16.5. The highest BCUT2D eigenvalue weighted by Crippen LogP contribution is 2.25. The van der Waals surface area contributed by atoms with Crippen molar-refractivity contribution in [1.82, 2.24) is 4.90 Å². The van der Waals surface area contributed by atoms with Crippen LogP contribution < -0.4 is 9.47 Å². The molecule has 0 unspecified atom stereocenters. The van der Waals surface area contributed by atoms with E-state index in [1.807, 2.05) is 18.2 Å². The third-order valence-corrected chi connectivity index (χ3v) is 7.43. The van der Waals surface area contributed by atoms with Gasteiger partial charge in [0.2, 0.25) is 0 Å². The molecule has 5 nitrogen and oxygen atoms in total. The van der Waals surface area contributed by atoms with Crippen LogP contribution in [0.5, 0.6) is 11.5 Å². The topological polar surface area (TPSA) is 48.0 Å². The lowest BCUT2D eigenvalue weighted by molar-refractivity contribution is -0.148. The number of hydrogen-bond donors (Lipinski definition) is 0. The van der Waals surface area contributed by atoms with Crippen LogP contribution in [0.25, 0.3) is 0 Å². The van der Waals surface area contributed by atoms with Gasteiger partial charge in [0.05, 0.1) is 13.7 Å². The number of nitrogens with zero attached hydrogens (tertiary/aromatic N) is 1. The highest BCUT2D eigenvalue weighted by Gasteiger charge is 2.31. The van der Waals surface area contributed by atoms with E-state index >= 15 is 0 Å². The molecule has 0 saturated carbocycles. The predicted octanol–water partition coefficient (Wildman–Crippen LogP) is 7.01. The van der Waals surface area contributed by atoms with Gasteiger partial charge < -0.3 is 14.2 Å². The van der Waals surface area contributed by atoms with Crippen molar-refractivity contribution >= 4 is 5.97 Å². The minimum absolute atomic E-state index is 0.00204. The molecule has 1 aliphatic rings. The Bertz CT molecular complexity index is 931. The lowest BCUT2D eigenvalue weighted by Gasteiger charge is -2.19. The van der Waals surface area contributed by atoms with Crippen LogP contribution in [0.3, 0.4) is 0 Å². The summed E-state index contributed by atoms with van der Waals surface area (Å²) in [6.45, 7) is 3.70. The van der Waals surface area contributed by atoms with Gasteiger partial charge in [-0.2, -0.15) is 0 Å². The summed E-state index contributed by atoms with van der Waals surface area (Å²) < 4.78 is 17.4. The zero-order chi connectivity index (χ0) is 26.3. The van der Waals surface area contributed by atoms with Crippen LogP contribution in [0.4, 0.5) is 0 Å². The van der Waals surface area contributed by atoms with Gasteiger partial charge in [-0.05, 0) is 62.1 Å². The summed E-state index contributed by atoms with van der Waals surface area (Å²) in [6.07, 6.45) is 12.7. The number of methoxy groups -OCH3 is 1. The standard InChI is InChI=1S/C32H47NO4/c1-4-5-6-7-8-9-10-18-32(34)37-30-24-28(33(2)25-30)21-22-36-31-17-12-11-15-27(31)20-19-26-14-13-16-29(23-26)35-3/h11-17,23,28,30H,4-10,18-22,24-25H2,1-3H3/t28-,30-/m1/s1. The number of rotatable bonds is 17. The van der Waals surface area contributed by atoms with Gasteiger partial charge in [-0.3, -0.25) is 9.69 Å². The zero-order valence-corrected chi connectivity index (χ0v) is 23.3. The molecule has 1 saturated heterocycles. The smallest absolute Gasteiger partial charge is 0.306 e. The van der Waals surface area contributed by atoms with Gasteiger partial charge in [0.15, 0.2) is 0 Å². The maximum Gasteiger partial charge on any atom is 0.306 e. The number of unbranched alkanes of at least 4 members (excludes halogenated alkanes) is 6. The van der Waals surface area contributed by atoms with Crippen molar-refractivity contribution < 1.29 is 19.0 Å². The first-order valence-corrected chi connectivity index (χ1v) is 14.3. The van der Waals surface area contributed by atoms with E-state index < -0.39 is 0 Å². The second kappa shape index (κ2) is 16.3. The largest absolute Gasteiger partial charge is 0.497 e. The van der Waals surface area contributed by atoms with E-state index in [2.05, 4.69) is 49.2 Å². The van der Waals surface area contributed by atoms with E-state index in [0.717, 1.165) is 56.6 Å². The molecule has 2 aromatic carbocycles. The maximum atomic E-state index is 12.3. The van der Waals surface area contributed by atoms with Crippen molar-refractivity contribution in [1.29, 1.82) is 0 Å². The van der Waals surface area contributed by atoms with E-state index in [4.69, 9.17) is 14.2 Å². The Balaban J connectivity index is 1.36. The third-order valence-electron chi connectivity index (χ3n) is 7.43. The number of para-hydroxylation sites is 1. The van der Waals surface area contributed by atoms with Gasteiger partial charge in [-0.1, -0.05) is 75.8 Å². The molecule has 5 heteroatoms. The molecule has 204 valence electrons. The molecular formula is C32H47NO4. The number of hydrogen-bond acceptors (Lipinski definition) is 5. The van der Waals surface area contributed by atoms with E-state index in [1.165, 1.54) is 43.2 Å². The first-order chi connectivity index (χ1) is 18.1. The second-order valence-electron chi connectivity index (χ2n) is 10.4. The van der Waals surface area contributed by atoms with Crippen molar-refractivity contribution in [2.45, 2.75) is 96.1 Å². The molecule has 1 aliphatic heterocycles. The lowest BCUT2D eigenvalue weighted by atomic mass is 10.0. The first-order valence-electron chi connectivity index (χ1n) is 14.3. The number of ether oxygens (including phenoxy) is 3. The van der Waals surface area contributed by atoms with Gasteiger partial charge in [-0.25, -0.2) is 0 Å². The molecule has 3 rings (SSSR count). The van der Waals surface area contributed by atoms with Crippen LogP contribution in [0.2, 0.25) is 0 Å². The van der Waals surface area contributed by atoms with E-state index in [9.17, 15) is 4.79 Å². The Morgan fingerprint density at radius 3 is 2.57 bits per heavy atom. The monoisotopic (exact) mass is 509 g/mol. The van der Waals surface area contributed by atoms with Crippen LogP contribution in [0.15, 0.2) is 48.5 Å². The first kappa shape index (κ1) is 29.0. The average molecular weight is 510 g/mol. The van der Waals surface area contributed by atoms with Gasteiger partial charge in [0, 0.05) is 25.4 Å². The van der Waals surface area contributed by atoms with Crippen LogP contribution >= 0.6 is 0 Å². The summed E-state index contributed by atoms with van der Waals surface area (Å²) in [5.74, 6) is 1.82. The van der Waals surface area contributed by atoms with Crippen LogP contribution in [0, 0.1) is 0 Å². The van der Waals surface area contributed by atoms with Gasteiger partial charge in [0.25, 0.3) is 0 Å². The predicted molar refractivity (Wildman–Crippen MR) is 150 cm³/mol. The summed E-state index contributed by atoms with van der Waals surface area (Å²) in [7, 11) is 3.82. The average Bonchev–Trinajstić information content (AvgIpc) is 3.25. The van der Waals surface area contributed by atoms with Crippen molar-refractivity contribution in [3.8, 4) is 11.5 Å². The fraction of sp³-hybridized carbons (Fsp3) is 0.594. The summed E-state index contributed by atoms with van der Waals surface area (Å²) in [5, 5.41) is 0. The Morgan fingerprint density at radius 2 is 1.76 bits per heavy atom. The number of carbonyl (C=O) groups is 1. The molecule has 2 atom stereocenters. The molecule has 0 spiro atoms. The Hall–Kier alpha value is -2.53. The number of likely N-dealkylation sites (tertiary alicyclic amines) is 1. The Labute approximate surface area is 224 Å². The lowest BCUT2D eigenvalue weighted by Crippen LogP contribution is -2.27. The molecule has 0 amide bonds. The molecule has 0 bridgehead atoms. The van der Waals surface area contributed by atoms with Crippen LogP contribution in [-0.2, 0) is 22.4 Å². The summed E-state index contributed by atoms with van der Waals surface area (Å²) in [4.78, 5) is 14.6. The van der Waals surface area contributed by atoms with Gasteiger partial charge in [-0.15, -0.1) is 0 Å². The normalized spacial score (nSPS) is 17.6. The molecule has 0 N–H and O–H groups in total. The van der Waals surface area contributed by atoms with Crippen molar-refractivity contribution in [3.63, 3.8) is 0 Å². The molecular weight excluding hydrogens is 462 g/mol. The minimum Gasteiger partial charge on any atom is -0.497 e. The number of likely N-dealkylation sites (N-methyl/N-ethyl adjacent to an activating group) is 1. The molecule has 1 heterocycles. The summed E-state index contributed by atoms with van der Waals surface area (Å²) in [5.41, 5.74) is 2.48. The Kier molecular flexibility index (Phi) is 12.8. The zero-order valence-electron chi connectivity index (χ0n) is 23.3. The molecule has 0 radical (unpaired) electrons. The second-order valence-corrected chi connectivity index (χ2v) is 10.4. The van der Waals surface area contributed by atoms with E-state index in [-0.39, 0.29) is 12.1 Å². The number of aryl methyl sites for hydroxylation is 2. The molecule has 1 fully saturated rings. The number of esters is 1. The fourth-order valence-corrected chi connectivity index (χ4v) is 5.19. The summed E-state index contributed by atoms with van der Waals surface area (Å²) in [6, 6.07) is 16.9. The maximum absolute atomic E-state index is 12.3. The molecule has 0 aromatic heterocycles. The van der Waals surface area contributed by atoms with E-state index in [0.29, 0.717) is 19.1 Å². The molecule has 0 aliphatic carbocycles. The molecule has 2 aromatic rings. The molecule has 37 heavy (non-hydrogen) atoms. The van der Waals surface area contributed by atoms with Gasteiger partial charge >= 0.3 is 5.97 Å². The van der Waals surface area contributed by atoms with Crippen molar-refractivity contribution in [2.24, 2.45) is 0 Å². The summed E-state index contributed by atoms with van der Waals surface area (Å²) >= 11 is 0. The fourth-order valence-electron chi connectivity index (χ4n) is 5.19. The SMILES string of the molecule is CCCCCCCCCC(=O)O[C@@H]1C[C@@H](CCOc2ccccc2CCc2cccc(OC)c2)N(C)C1. The quantitative estimate of drug-likeness (QED) is 0.170. The van der Waals surface area contributed by atoms with Gasteiger partial charge in [0.1, 0.15) is 17.6 Å². The number of benzene rings is 2. The third kappa shape index (κ3) is 10.4. The van der Waals surface area contributed by atoms with Crippen LogP contribution in [0.1, 0.15) is 82.3 Å². The van der Waals surface area contributed by atoms with E-state index in [1.54, 1.807) is 7.11 Å². The minimum atomic E-state index is -0.0335. The van der Waals surface area contributed by atoms with Crippen LogP contribution in [-0.4, -0.2) is 50.3 Å². The van der Waals surface area contributed by atoms with Crippen molar-refractivity contribution in [2.75, 3.05) is 27.3 Å².